The number of rotatable bonds is 7. The Kier molecular flexibility index (Phi) is 6.39. The molecule has 1 atom stereocenters. The van der Waals surface area contributed by atoms with Crippen molar-refractivity contribution >= 4 is 40.1 Å². The topological polar surface area (TPSA) is 123 Å². The lowest BCUT2D eigenvalue weighted by atomic mass is 10.2. The van der Waals surface area contributed by atoms with Crippen LogP contribution in [-0.2, 0) is 17.9 Å². The molecule has 0 aliphatic carbocycles. The van der Waals surface area contributed by atoms with Crippen LogP contribution < -0.4 is 19.9 Å². The molecule has 0 fully saturated rings. The zero-order valence-corrected chi connectivity index (χ0v) is 19.7. The van der Waals surface area contributed by atoms with Crippen molar-refractivity contribution in [3.05, 3.63) is 24.0 Å². The Bertz CT molecular complexity index is 1180. The maximum Gasteiger partial charge on any atom is 0.231 e. The van der Waals surface area contributed by atoms with E-state index < -0.39 is 11.4 Å². The van der Waals surface area contributed by atoms with E-state index in [2.05, 4.69) is 25.6 Å². The Balaban J connectivity index is 1.61. The fourth-order valence-corrected chi connectivity index (χ4v) is 4.83. The molecule has 3 heterocycles. The number of nitrogens with two attached hydrogens (primary N) is 1. The smallest absolute Gasteiger partial charge is 0.231 e. The molecular formula is C21H24N6O3S2. The minimum absolute atomic E-state index is 0.168. The molecule has 0 saturated carbocycles. The van der Waals surface area contributed by atoms with E-state index >= 15 is 0 Å². The Labute approximate surface area is 193 Å². The summed E-state index contributed by atoms with van der Waals surface area (Å²) >= 11 is 0.273. The molecule has 2 aromatic heterocycles. The second-order valence-electron chi connectivity index (χ2n) is 8.05. The van der Waals surface area contributed by atoms with Gasteiger partial charge in [0.1, 0.15) is 11.1 Å². The van der Waals surface area contributed by atoms with Crippen LogP contribution in [0.1, 0.15) is 32.8 Å². The van der Waals surface area contributed by atoms with Gasteiger partial charge in [-0.15, -0.1) is 11.1 Å². The molecule has 11 heteroatoms. The first-order valence-corrected chi connectivity index (χ1v) is 11.9. The molecule has 3 N–H and O–H groups in total. The number of imidazole rings is 1. The minimum Gasteiger partial charge on any atom is -0.598 e. The number of fused-ring (bicyclic) bond motifs is 2. The maximum absolute atomic E-state index is 12.3. The van der Waals surface area contributed by atoms with E-state index in [0.29, 0.717) is 58.7 Å². The fraction of sp³-hybridized carbons (Fsp3) is 0.381. The quantitative estimate of drug-likeness (QED) is 0.303. The molecular weight excluding hydrogens is 448 g/mol. The van der Waals surface area contributed by atoms with Crippen LogP contribution in [-0.4, -0.2) is 42.2 Å². The van der Waals surface area contributed by atoms with Crippen molar-refractivity contribution in [1.29, 1.82) is 0 Å². The average molecular weight is 473 g/mol. The Morgan fingerprint density at radius 1 is 1.31 bits per heavy atom. The van der Waals surface area contributed by atoms with Gasteiger partial charge >= 0.3 is 0 Å². The van der Waals surface area contributed by atoms with E-state index in [1.165, 1.54) is 18.1 Å². The summed E-state index contributed by atoms with van der Waals surface area (Å²) in [6.07, 6.45) is 7.87. The van der Waals surface area contributed by atoms with Gasteiger partial charge < -0.3 is 24.3 Å². The van der Waals surface area contributed by atoms with Crippen LogP contribution >= 0.6 is 11.8 Å². The van der Waals surface area contributed by atoms with Crippen molar-refractivity contribution in [2.24, 2.45) is 0 Å². The van der Waals surface area contributed by atoms with Crippen molar-refractivity contribution in [2.45, 2.75) is 48.5 Å². The van der Waals surface area contributed by atoms with E-state index in [4.69, 9.17) is 21.6 Å². The molecule has 4 rings (SSSR count). The summed E-state index contributed by atoms with van der Waals surface area (Å²) in [5.41, 5.74) is 7.90. The Hall–Kier alpha value is -2.65. The number of ether oxygens (including phenoxy) is 2. The summed E-state index contributed by atoms with van der Waals surface area (Å²) in [6.45, 7) is 7.14. The Morgan fingerprint density at radius 2 is 2.06 bits per heavy atom. The largest absolute Gasteiger partial charge is 0.598 e. The number of nitrogens with zero attached hydrogens (tertiary/aromatic N) is 4. The van der Waals surface area contributed by atoms with E-state index in [1.807, 2.05) is 31.4 Å². The first kappa shape index (κ1) is 22.5. The summed E-state index contributed by atoms with van der Waals surface area (Å²) in [7, 11) is 0. The Morgan fingerprint density at radius 3 is 2.78 bits per heavy atom. The highest BCUT2D eigenvalue weighted by molar-refractivity contribution is 7.99. The lowest BCUT2D eigenvalue weighted by molar-refractivity contribution is 0.174. The van der Waals surface area contributed by atoms with E-state index in [0.717, 1.165) is 4.90 Å². The monoisotopic (exact) mass is 472 g/mol. The van der Waals surface area contributed by atoms with Gasteiger partial charge in [-0.3, -0.25) is 0 Å². The number of aryl methyl sites for hydroxylation is 1. The third-order valence-electron chi connectivity index (χ3n) is 4.70. The molecule has 1 aliphatic heterocycles. The second-order valence-corrected chi connectivity index (χ2v) is 11.1. The van der Waals surface area contributed by atoms with Gasteiger partial charge in [-0.2, -0.15) is 0 Å². The third-order valence-corrected chi connectivity index (χ3v) is 7.34. The normalized spacial score (nSPS) is 14.0. The molecule has 0 amide bonds. The first-order chi connectivity index (χ1) is 15.3. The molecule has 3 aromatic rings. The van der Waals surface area contributed by atoms with Gasteiger partial charge in [0.2, 0.25) is 6.79 Å². The van der Waals surface area contributed by atoms with Gasteiger partial charge in [0, 0.05) is 41.0 Å². The third kappa shape index (κ3) is 4.59. The van der Waals surface area contributed by atoms with E-state index in [9.17, 15) is 4.55 Å². The van der Waals surface area contributed by atoms with Crippen LogP contribution in [0.4, 0.5) is 5.82 Å². The summed E-state index contributed by atoms with van der Waals surface area (Å²) in [4.78, 5) is 13.9. The summed E-state index contributed by atoms with van der Waals surface area (Å²) in [6, 6.07) is 3.65. The van der Waals surface area contributed by atoms with Crippen LogP contribution in [0, 0.1) is 12.3 Å². The van der Waals surface area contributed by atoms with Crippen molar-refractivity contribution in [1.82, 2.24) is 24.2 Å². The molecule has 9 nitrogen and oxygen atoms in total. The predicted octanol–water partition coefficient (Wildman–Crippen LogP) is 2.71. The highest BCUT2D eigenvalue weighted by Gasteiger charge is 2.26. The number of nitrogens with one attached hydrogen (secondary N) is 1. The van der Waals surface area contributed by atoms with Crippen LogP contribution in [0.3, 0.4) is 0 Å². The van der Waals surface area contributed by atoms with Gasteiger partial charge in [-0.25, -0.2) is 15.0 Å². The molecule has 1 aromatic carbocycles. The number of nitrogen functional groups attached to an aromatic ring is 1. The lowest BCUT2D eigenvalue weighted by Crippen LogP contribution is -2.39. The van der Waals surface area contributed by atoms with Crippen molar-refractivity contribution in [3.63, 3.8) is 0 Å². The van der Waals surface area contributed by atoms with Crippen LogP contribution in [0.2, 0.25) is 0 Å². The average Bonchev–Trinajstić information content (AvgIpc) is 3.34. The highest BCUT2D eigenvalue weighted by Crippen LogP contribution is 2.41. The number of anilines is 1. The molecule has 0 spiro atoms. The zero-order valence-electron chi connectivity index (χ0n) is 18.0. The van der Waals surface area contributed by atoms with Crippen LogP contribution in [0.25, 0.3) is 11.2 Å². The second kappa shape index (κ2) is 9.07. The van der Waals surface area contributed by atoms with Gasteiger partial charge in [-0.1, -0.05) is 17.7 Å². The molecule has 0 saturated heterocycles. The van der Waals surface area contributed by atoms with Crippen LogP contribution in [0.5, 0.6) is 11.5 Å². The zero-order chi connectivity index (χ0) is 22.9. The molecule has 0 radical (unpaired) electrons. The summed E-state index contributed by atoms with van der Waals surface area (Å²) in [5.74, 6) is 4.28. The fourth-order valence-electron chi connectivity index (χ4n) is 3.05. The minimum atomic E-state index is -1.13. The van der Waals surface area contributed by atoms with Gasteiger partial charge in [0.25, 0.3) is 0 Å². The standard InChI is InChI=1S/C21H24N6O3S2/c1-5-13-9-14-15(30-12-29-14)10-16(13)31-20-26-17-18(22)23-11-24-19(17)27(20)8-6-7-25-32(28)21(2,3)4/h1,9-11,25H,6-8,12H2,2-4H3,(H2,22,23,24). The SMILES string of the molecule is C#Cc1cc2c(cc1Sc1nc3c(N)ncnc3n1CCCN[S+]([O-])C(C)(C)C)OCO2. The molecule has 0 bridgehead atoms. The first-order valence-electron chi connectivity index (χ1n) is 9.98. The number of terminal acetylenes is 1. The molecule has 32 heavy (non-hydrogen) atoms. The lowest BCUT2D eigenvalue weighted by Gasteiger charge is -2.23. The van der Waals surface area contributed by atoms with E-state index in [-0.39, 0.29) is 11.5 Å². The van der Waals surface area contributed by atoms with Crippen molar-refractivity contribution in [2.75, 3.05) is 19.1 Å². The molecule has 1 aliphatic rings. The highest BCUT2D eigenvalue weighted by atomic mass is 32.2. The number of aromatic nitrogens is 4. The van der Waals surface area contributed by atoms with Gasteiger partial charge in [0.15, 0.2) is 33.6 Å². The van der Waals surface area contributed by atoms with Crippen molar-refractivity contribution < 1.29 is 14.0 Å². The number of hydrogen-bond donors (Lipinski definition) is 2. The van der Waals surface area contributed by atoms with Gasteiger partial charge in [-0.05, 0) is 33.3 Å². The summed E-state index contributed by atoms with van der Waals surface area (Å²) < 4.78 is 27.9. The van der Waals surface area contributed by atoms with E-state index in [1.54, 1.807) is 6.07 Å². The predicted molar refractivity (Wildman–Crippen MR) is 125 cm³/mol. The maximum atomic E-state index is 12.3. The molecule has 168 valence electrons. The van der Waals surface area contributed by atoms with Crippen LogP contribution in [0.15, 0.2) is 28.5 Å². The summed E-state index contributed by atoms with van der Waals surface area (Å²) in [5, 5.41) is 0.680. The number of benzene rings is 1. The number of hydrogen-bond acceptors (Lipinski definition) is 9. The molecule has 1 unspecified atom stereocenters. The van der Waals surface area contributed by atoms with Crippen molar-refractivity contribution in [3.8, 4) is 23.8 Å². The van der Waals surface area contributed by atoms with Gasteiger partial charge in [0.05, 0.1) is 0 Å².